The minimum Gasteiger partial charge on any atom is -0.373 e. The van der Waals surface area contributed by atoms with Gasteiger partial charge in [0, 0.05) is 35.3 Å². The maximum atomic E-state index is 13.1. The molecule has 2 aliphatic heterocycles. The summed E-state index contributed by atoms with van der Waals surface area (Å²) < 4.78 is 25.5. The van der Waals surface area contributed by atoms with E-state index in [1.165, 1.54) is 4.78 Å². The number of nitrogens with zero attached hydrogens (tertiary/aromatic N) is 3. The van der Waals surface area contributed by atoms with Crippen molar-refractivity contribution in [2.45, 2.75) is 20.8 Å². The smallest absolute Gasteiger partial charge is 0.373 e. The molecule has 3 rings (SSSR count). The molecule has 0 aliphatic carbocycles. The first-order valence-electron chi connectivity index (χ1n) is 8.10. The van der Waals surface area contributed by atoms with Gasteiger partial charge in [0.1, 0.15) is 0 Å². The molecule has 0 spiro atoms. The van der Waals surface area contributed by atoms with E-state index >= 15 is 0 Å². The van der Waals surface area contributed by atoms with Crippen LogP contribution < -0.4 is 4.90 Å². The monoisotopic (exact) mass is 371 g/mol. The van der Waals surface area contributed by atoms with E-state index in [1.807, 2.05) is 25.2 Å². The highest BCUT2D eigenvalue weighted by atomic mass is 35.5. The van der Waals surface area contributed by atoms with E-state index < -0.39 is 7.75 Å². The van der Waals surface area contributed by atoms with Gasteiger partial charge in [-0.05, 0) is 32.0 Å². The summed E-state index contributed by atoms with van der Waals surface area (Å²) in [4.78, 5) is 2.16. The molecule has 0 fully saturated rings. The van der Waals surface area contributed by atoms with E-state index in [9.17, 15) is 4.57 Å². The molecule has 0 saturated heterocycles. The average molecular weight is 372 g/mol. The molecule has 0 aromatic heterocycles. The van der Waals surface area contributed by atoms with Gasteiger partial charge in [-0.15, -0.1) is 0 Å². The minimum absolute atomic E-state index is 0.251. The lowest BCUT2D eigenvalue weighted by atomic mass is 9.78. The van der Waals surface area contributed by atoms with Crippen molar-refractivity contribution in [3.63, 3.8) is 0 Å². The zero-order chi connectivity index (χ0) is 17.5. The van der Waals surface area contributed by atoms with E-state index in [1.54, 1.807) is 13.8 Å². The SMILES string of the molecule is CCOP(=O)(OCC)N1CC2(C)CN(C)c3cc(Cl)ccc3C2=N1. The Kier molecular flexibility index (Phi) is 4.69. The third-order valence-electron chi connectivity index (χ3n) is 4.36. The number of rotatable bonds is 5. The number of anilines is 1. The highest BCUT2D eigenvalue weighted by Crippen LogP contribution is 2.57. The predicted octanol–water partition coefficient (Wildman–Crippen LogP) is 4.00. The van der Waals surface area contributed by atoms with E-state index in [2.05, 4.69) is 16.9 Å². The van der Waals surface area contributed by atoms with Gasteiger partial charge >= 0.3 is 7.75 Å². The van der Waals surface area contributed by atoms with Crippen molar-refractivity contribution in [1.29, 1.82) is 0 Å². The van der Waals surface area contributed by atoms with Crippen LogP contribution in [-0.4, -0.2) is 43.8 Å². The third-order valence-corrected chi connectivity index (χ3v) is 6.56. The quantitative estimate of drug-likeness (QED) is 0.732. The van der Waals surface area contributed by atoms with E-state index in [0.29, 0.717) is 24.8 Å². The molecule has 0 radical (unpaired) electrons. The van der Waals surface area contributed by atoms with Crippen LogP contribution in [0.15, 0.2) is 23.3 Å². The largest absolute Gasteiger partial charge is 0.450 e. The van der Waals surface area contributed by atoms with Crippen molar-refractivity contribution < 1.29 is 13.6 Å². The van der Waals surface area contributed by atoms with Crippen LogP contribution in [0.1, 0.15) is 26.3 Å². The molecule has 0 amide bonds. The molecule has 1 aromatic carbocycles. The number of hydrogen-bond donors (Lipinski definition) is 0. The average Bonchev–Trinajstić information content (AvgIpc) is 2.86. The maximum Gasteiger partial charge on any atom is 0.450 e. The highest BCUT2D eigenvalue weighted by Gasteiger charge is 2.49. The van der Waals surface area contributed by atoms with Crippen LogP contribution in [0, 0.1) is 5.41 Å². The van der Waals surface area contributed by atoms with E-state index in [-0.39, 0.29) is 5.41 Å². The van der Waals surface area contributed by atoms with Crippen LogP contribution >= 0.6 is 19.3 Å². The third kappa shape index (κ3) is 2.86. The molecule has 24 heavy (non-hydrogen) atoms. The molecule has 0 N–H and O–H groups in total. The Bertz CT molecular complexity index is 717. The predicted molar refractivity (Wildman–Crippen MR) is 96.9 cm³/mol. The second-order valence-electron chi connectivity index (χ2n) is 6.36. The van der Waals surface area contributed by atoms with Gasteiger partial charge in [-0.1, -0.05) is 18.5 Å². The van der Waals surface area contributed by atoms with Crippen LogP contribution in [0.4, 0.5) is 5.69 Å². The number of hydrogen-bond acceptors (Lipinski definition) is 5. The van der Waals surface area contributed by atoms with Crippen LogP contribution in [0.3, 0.4) is 0 Å². The topological polar surface area (TPSA) is 54.4 Å². The van der Waals surface area contributed by atoms with Crippen molar-refractivity contribution >= 4 is 30.7 Å². The number of halogens is 1. The van der Waals surface area contributed by atoms with Crippen LogP contribution in [0.2, 0.25) is 5.02 Å². The summed E-state index contributed by atoms with van der Waals surface area (Å²) in [5.41, 5.74) is 2.70. The van der Waals surface area contributed by atoms with Crippen molar-refractivity contribution in [2.24, 2.45) is 10.5 Å². The molecule has 8 heteroatoms. The van der Waals surface area contributed by atoms with E-state index in [0.717, 1.165) is 23.5 Å². The van der Waals surface area contributed by atoms with Gasteiger partial charge in [0.15, 0.2) is 0 Å². The first-order valence-corrected chi connectivity index (χ1v) is 9.97. The van der Waals surface area contributed by atoms with Crippen molar-refractivity contribution in [1.82, 2.24) is 4.78 Å². The van der Waals surface area contributed by atoms with Gasteiger partial charge in [0.25, 0.3) is 0 Å². The Morgan fingerprint density at radius 1 is 1.29 bits per heavy atom. The van der Waals surface area contributed by atoms with Gasteiger partial charge in [-0.2, -0.15) is 9.88 Å². The fourth-order valence-corrected chi connectivity index (χ4v) is 5.27. The molecule has 132 valence electrons. The number of benzene rings is 1. The molecule has 1 aromatic rings. The molecule has 6 nitrogen and oxygen atoms in total. The van der Waals surface area contributed by atoms with Gasteiger partial charge in [0.2, 0.25) is 0 Å². The normalized spacial score (nSPS) is 23.1. The number of fused-ring (bicyclic) bond motifs is 3. The molecule has 1 unspecified atom stereocenters. The Labute approximate surface area is 148 Å². The van der Waals surface area contributed by atoms with Gasteiger partial charge in [0.05, 0.1) is 25.5 Å². The van der Waals surface area contributed by atoms with Crippen LogP contribution in [-0.2, 0) is 13.6 Å². The molecular weight excluding hydrogens is 349 g/mol. The summed E-state index contributed by atoms with van der Waals surface area (Å²) in [6, 6.07) is 5.77. The van der Waals surface area contributed by atoms with Gasteiger partial charge in [-0.25, -0.2) is 4.57 Å². The fraction of sp³-hybridized carbons (Fsp3) is 0.562. The van der Waals surface area contributed by atoms with Crippen molar-refractivity contribution in [2.75, 3.05) is 38.3 Å². The van der Waals surface area contributed by atoms with E-state index in [4.69, 9.17) is 20.6 Å². The van der Waals surface area contributed by atoms with Gasteiger partial charge < -0.3 is 4.90 Å². The molecule has 0 bridgehead atoms. The lowest BCUT2D eigenvalue weighted by molar-refractivity contribution is 0.165. The van der Waals surface area contributed by atoms with Gasteiger partial charge in [-0.3, -0.25) is 9.05 Å². The lowest BCUT2D eigenvalue weighted by Gasteiger charge is -2.38. The Hall–Kier alpha value is -1.07. The lowest BCUT2D eigenvalue weighted by Crippen LogP contribution is -2.45. The Morgan fingerprint density at radius 3 is 2.58 bits per heavy atom. The first-order chi connectivity index (χ1) is 11.3. The summed E-state index contributed by atoms with van der Waals surface area (Å²) in [5.74, 6) is 0. The zero-order valence-corrected chi connectivity index (χ0v) is 16.1. The number of hydrazone groups is 1. The standard InChI is InChI=1S/C16H23ClN3O3P/c1-5-22-24(21,23-6-2)20-11-16(3)10-19(4)14-9-12(17)7-8-13(14)15(16)18-20/h7-9H,5-6,10-11H2,1-4H3. The Balaban J connectivity index is 2.05. The summed E-state index contributed by atoms with van der Waals surface area (Å²) >= 11 is 6.14. The molecule has 0 saturated carbocycles. The summed E-state index contributed by atoms with van der Waals surface area (Å²) in [6.45, 7) is 7.59. The molecule has 1 atom stereocenters. The Morgan fingerprint density at radius 2 is 1.96 bits per heavy atom. The molecule has 2 heterocycles. The highest BCUT2D eigenvalue weighted by molar-refractivity contribution is 7.51. The minimum atomic E-state index is -3.42. The summed E-state index contributed by atoms with van der Waals surface area (Å²) in [6.07, 6.45) is 0. The second-order valence-corrected chi connectivity index (χ2v) is 8.71. The maximum absolute atomic E-state index is 13.1. The molecular formula is C16H23ClN3O3P. The van der Waals surface area contributed by atoms with Crippen molar-refractivity contribution in [3.05, 3.63) is 28.8 Å². The summed E-state index contributed by atoms with van der Waals surface area (Å²) in [7, 11) is -1.39. The van der Waals surface area contributed by atoms with Crippen LogP contribution in [0.5, 0.6) is 0 Å². The van der Waals surface area contributed by atoms with Crippen molar-refractivity contribution in [3.8, 4) is 0 Å². The summed E-state index contributed by atoms with van der Waals surface area (Å²) in [5, 5.41) is 5.35. The zero-order valence-electron chi connectivity index (χ0n) is 14.5. The molecule has 2 aliphatic rings. The van der Waals surface area contributed by atoms with Crippen LogP contribution in [0.25, 0.3) is 0 Å². The fourth-order valence-electron chi connectivity index (χ4n) is 3.43. The first kappa shape index (κ1) is 17.7. The second kappa shape index (κ2) is 6.34.